The van der Waals surface area contributed by atoms with Gasteiger partial charge in [0, 0.05) is 18.2 Å². The summed E-state index contributed by atoms with van der Waals surface area (Å²) in [5, 5.41) is 5.75. The number of nitrogens with one attached hydrogen (secondary N) is 2. The van der Waals surface area contributed by atoms with Crippen LogP contribution in [0.4, 0.5) is 5.69 Å². The lowest BCUT2D eigenvalue weighted by atomic mass is 10.1. The first-order chi connectivity index (χ1) is 12.5. The summed E-state index contributed by atoms with van der Waals surface area (Å²) in [6.07, 6.45) is 0.328. The van der Waals surface area contributed by atoms with Crippen LogP contribution in [-0.2, 0) is 22.6 Å². The van der Waals surface area contributed by atoms with Gasteiger partial charge in [-0.1, -0.05) is 38.1 Å². The second-order valence-corrected chi connectivity index (χ2v) is 6.37. The Balaban J connectivity index is 1.80. The molecule has 0 fully saturated rings. The van der Waals surface area contributed by atoms with Crippen LogP contribution in [-0.4, -0.2) is 18.4 Å². The minimum absolute atomic E-state index is 0.0126. The zero-order valence-corrected chi connectivity index (χ0v) is 15.5. The third-order valence-corrected chi connectivity index (χ3v) is 3.83. The van der Waals surface area contributed by atoms with Crippen LogP contribution in [0.5, 0.6) is 5.75 Å². The van der Waals surface area contributed by atoms with E-state index in [-0.39, 0.29) is 17.7 Å². The molecule has 2 amide bonds. The molecule has 5 nitrogen and oxygen atoms in total. The maximum atomic E-state index is 12.1. The molecular weight excluding hydrogens is 328 g/mol. The van der Waals surface area contributed by atoms with Crippen molar-refractivity contribution in [3.05, 3.63) is 59.7 Å². The van der Waals surface area contributed by atoms with Gasteiger partial charge in [-0.25, -0.2) is 0 Å². The highest BCUT2D eigenvalue weighted by Crippen LogP contribution is 2.13. The topological polar surface area (TPSA) is 67.4 Å². The maximum absolute atomic E-state index is 12.1. The van der Waals surface area contributed by atoms with Crippen molar-refractivity contribution in [3.63, 3.8) is 0 Å². The smallest absolute Gasteiger partial charge is 0.226 e. The van der Waals surface area contributed by atoms with Gasteiger partial charge < -0.3 is 15.4 Å². The molecule has 0 saturated carbocycles. The van der Waals surface area contributed by atoms with Crippen LogP contribution in [0.3, 0.4) is 0 Å². The van der Waals surface area contributed by atoms with Gasteiger partial charge in [0.1, 0.15) is 5.75 Å². The fourth-order valence-corrected chi connectivity index (χ4v) is 2.31. The summed E-state index contributed by atoms with van der Waals surface area (Å²) >= 11 is 0. The molecule has 2 N–H and O–H groups in total. The fourth-order valence-electron chi connectivity index (χ4n) is 2.31. The Morgan fingerprint density at radius 1 is 0.962 bits per heavy atom. The Morgan fingerprint density at radius 2 is 1.58 bits per heavy atom. The van der Waals surface area contributed by atoms with E-state index in [1.54, 1.807) is 0 Å². The molecule has 0 saturated heterocycles. The van der Waals surface area contributed by atoms with Crippen molar-refractivity contribution in [2.24, 2.45) is 5.92 Å². The molecule has 0 aliphatic carbocycles. The number of hydrogen-bond acceptors (Lipinski definition) is 3. The molecule has 26 heavy (non-hydrogen) atoms. The Hall–Kier alpha value is -2.82. The number of rotatable bonds is 8. The molecule has 138 valence electrons. The highest BCUT2D eigenvalue weighted by molar-refractivity contribution is 5.92. The summed E-state index contributed by atoms with van der Waals surface area (Å²) < 4.78 is 5.39. The van der Waals surface area contributed by atoms with Crippen molar-refractivity contribution < 1.29 is 14.3 Å². The SMILES string of the molecule is CCOc1ccc(CC(=O)NCc2ccc(NC(=O)C(C)C)cc2)cc1. The van der Waals surface area contributed by atoms with Crippen LogP contribution in [0.15, 0.2) is 48.5 Å². The van der Waals surface area contributed by atoms with E-state index in [9.17, 15) is 9.59 Å². The highest BCUT2D eigenvalue weighted by Gasteiger charge is 2.07. The molecule has 0 spiro atoms. The van der Waals surface area contributed by atoms with Gasteiger partial charge in [0.25, 0.3) is 0 Å². The van der Waals surface area contributed by atoms with Gasteiger partial charge in [0.2, 0.25) is 11.8 Å². The first-order valence-corrected chi connectivity index (χ1v) is 8.86. The fraction of sp³-hybridized carbons (Fsp3) is 0.333. The third kappa shape index (κ3) is 6.24. The Morgan fingerprint density at radius 3 is 2.15 bits per heavy atom. The monoisotopic (exact) mass is 354 g/mol. The Labute approximate surface area is 154 Å². The predicted octanol–water partition coefficient (Wildman–Crippen LogP) is 3.54. The lowest BCUT2D eigenvalue weighted by molar-refractivity contribution is -0.120. The van der Waals surface area contributed by atoms with Crippen LogP contribution in [0.1, 0.15) is 31.9 Å². The summed E-state index contributed by atoms with van der Waals surface area (Å²) in [6.45, 7) is 6.72. The molecule has 0 aromatic heterocycles. The molecule has 0 atom stereocenters. The zero-order valence-electron chi connectivity index (χ0n) is 15.5. The number of benzene rings is 2. The average Bonchev–Trinajstić information content (AvgIpc) is 2.63. The largest absolute Gasteiger partial charge is 0.494 e. The van der Waals surface area contributed by atoms with Crippen LogP contribution in [0, 0.1) is 5.92 Å². The van der Waals surface area contributed by atoms with Crippen LogP contribution >= 0.6 is 0 Å². The number of hydrogen-bond donors (Lipinski definition) is 2. The number of ether oxygens (including phenoxy) is 1. The van der Waals surface area contributed by atoms with Gasteiger partial charge in [-0.3, -0.25) is 9.59 Å². The average molecular weight is 354 g/mol. The van der Waals surface area contributed by atoms with Gasteiger partial charge in [-0.05, 0) is 42.3 Å². The quantitative estimate of drug-likeness (QED) is 0.762. The van der Waals surface area contributed by atoms with E-state index >= 15 is 0 Å². The second kappa shape index (κ2) is 9.61. The van der Waals surface area contributed by atoms with E-state index in [1.165, 1.54) is 0 Å². The van der Waals surface area contributed by atoms with Gasteiger partial charge in [-0.15, -0.1) is 0 Å². The van der Waals surface area contributed by atoms with Crippen molar-refractivity contribution in [1.82, 2.24) is 5.32 Å². The van der Waals surface area contributed by atoms with E-state index in [2.05, 4.69) is 10.6 Å². The van der Waals surface area contributed by atoms with Crippen LogP contribution in [0.2, 0.25) is 0 Å². The van der Waals surface area contributed by atoms with E-state index in [0.29, 0.717) is 19.6 Å². The van der Waals surface area contributed by atoms with Gasteiger partial charge in [-0.2, -0.15) is 0 Å². The molecular formula is C21H26N2O3. The van der Waals surface area contributed by atoms with Crippen LogP contribution < -0.4 is 15.4 Å². The lowest BCUT2D eigenvalue weighted by Crippen LogP contribution is -2.24. The Kier molecular flexibility index (Phi) is 7.21. The van der Waals surface area contributed by atoms with E-state index < -0.39 is 0 Å². The van der Waals surface area contributed by atoms with Crippen molar-refractivity contribution in [3.8, 4) is 5.75 Å². The lowest BCUT2D eigenvalue weighted by Gasteiger charge is -2.09. The predicted molar refractivity (Wildman–Crippen MR) is 103 cm³/mol. The summed E-state index contributed by atoms with van der Waals surface area (Å²) in [5.74, 6) is 0.700. The molecule has 0 radical (unpaired) electrons. The van der Waals surface area contributed by atoms with Crippen molar-refractivity contribution in [2.75, 3.05) is 11.9 Å². The number of carbonyl (C=O) groups excluding carboxylic acids is 2. The normalized spacial score (nSPS) is 10.5. The van der Waals surface area contributed by atoms with Crippen molar-refractivity contribution in [2.45, 2.75) is 33.7 Å². The maximum Gasteiger partial charge on any atom is 0.226 e. The van der Waals surface area contributed by atoms with Gasteiger partial charge in [0.15, 0.2) is 0 Å². The van der Waals surface area contributed by atoms with Gasteiger partial charge >= 0.3 is 0 Å². The standard InChI is InChI=1S/C21H26N2O3/c1-4-26-19-11-7-16(8-12-19)13-20(24)22-14-17-5-9-18(10-6-17)23-21(25)15(2)3/h5-12,15H,4,13-14H2,1-3H3,(H,22,24)(H,23,25). The highest BCUT2D eigenvalue weighted by atomic mass is 16.5. The molecule has 0 bridgehead atoms. The minimum atomic E-state index is -0.0587. The molecule has 2 aromatic carbocycles. The summed E-state index contributed by atoms with van der Waals surface area (Å²) in [5.41, 5.74) is 2.68. The van der Waals surface area contributed by atoms with Gasteiger partial charge in [0.05, 0.1) is 13.0 Å². The number of anilines is 1. The third-order valence-electron chi connectivity index (χ3n) is 3.83. The van der Waals surface area contributed by atoms with Crippen LogP contribution in [0.25, 0.3) is 0 Å². The summed E-state index contributed by atoms with van der Waals surface area (Å²) in [7, 11) is 0. The molecule has 5 heteroatoms. The molecule has 0 unspecified atom stereocenters. The van der Waals surface area contributed by atoms with E-state index in [1.807, 2.05) is 69.3 Å². The summed E-state index contributed by atoms with van der Waals surface area (Å²) in [4.78, 5) is 23.8. The van der Waals surface area contributed by atoms with E-state index in [0.717, 1.165) is 22.6 Å². The molecule has 0 aliphatic rings. The van der Waals surface area contributed by atoms with E-state index in [4.69, 9.17) is 4.74 Å². The molecule has 2 rings (SSSR count). The van der Waals surface area contributed by atoms with Crippen molar-refractivity contribution >= 4 is 17.5 Å². The Bertz CT molecular complexity index is 722. The molecule has 2 aromatic rings. The second-order valence-electron chi connectivity index (χ2n) is 6.37. The molecule has 0 aliphatic heterocycles. The first kappa shape index (κ1) is 19.5. The first-order valence-electron chi connectivity index (χ1n) is 8.86. The summed E-state index contributed by atoms with van der Waals surface area (Å²) in [6, 6.07) is 15.0. The minimum Gasteiger partial charge on any atom is -0.494 e. The number of amides is 2. The van der Waals surface area contributed by atoms with Crippen molar-refractivity contribution in [1.29, 1.82) is 0 Å². The molecule has 0 heterocycles. The number of carbonyl (C=O) groups is 2. The zero-order chi connectivity index (χ0) is 18.9.